The van der Waals surface area contributed by atoms with Crippen LogP contribution >= 0.6 is 12.6 Å². The van der Waals surface area contributed by atoms with Crippen molar-refractivity contribution in [1.29, 1.82) is 0 Å². The molecule has 9 nitrogen and oxygen atoms in total. The Kier molecular flexibility index (Phi) is 10.2. The van der Waals surface area contributed by atoms with Crippen molar-refractivity contribution in [2.45, 2.75) is 38.4 Å². The number of thiol groups is 1. The van der Waals surface area contributed by atoms with Gasteiger partial charge in [-0.25, -0.2) is 4.79 Å². The molecular weight excluding hydrogens is 396 g/mol. The van der Waals surface area contributed by atoms with Gasteiger partial charge in [0, 0.05) is 12.2 Å². The first-order valence-corrected chi connectivity index (χ1v) is 9.79. The third-order valence-electron chi connectivity index (χ3n) is 4.12. The van der Waals surface area contributed by atoms with Crippen LogP contribution in [0.25, 0.3) is 0 Å². The molecule has 3 unspecified atom stereocenters. The number of amides is 3. The third kappa shape index (κ3) is 8.53. The molecule has 0 aromatic heterocycles. The van der Waals surface area contributed by atoms with Crippen molar-refractivity contribution in [1.82, 2.24) is 16.0 Å². The summed E-state index contributed by atoms with van der Waals surface area (Å²) >= 11 is 3.91. The lowest BCUT2D eigenvalue weighted by atomic mass is 10.0. The first-order chi connectivity index (χ1) is 13.6. The zero-order valence-electron chi connectivity index (χ0n) is 16.4. The van der Waals surface area contributed by atoms with Gasteiger partial charge < -0.3 is 26.8 Å². The molecule has 0 fully saturated rings. The molecule has 0 bridgehead atoms. The zero-order chi connectivity index (χ0) is 22.0. The Morgan fingerprint density at radius 2 is 1.69 bits per heavy atom. The van der Waals surface area contributed by atoms with Gasteiger partial charge in [0.05, 0.1) is 12.6 Å². The molecule has 0 radical (unpaired) electrons. The molecule has 0 aliphatic rings. The number of carbonyl (C=O) groups excluding carboxylic acids is 3. The van der Waals surface area contributed by atoms with Crippen molar-refractivity contribution in [3.8, 4) is 0 Å². The lowest BCUT2D eigenvalue weighted by Crippen LogP contribution is -2.56. The Hall–Kier alpha value is -2.59. The van der Waals surface area contributed by atoms with Crippen LogP contribution in [0.2, 0.25) is 0 Å². The minimum Gasteiger partial charge on any atom is -0.480 e. The SMILES string of the molecule is CC(C)C(NC(=O)CNC(=O)C(N)CS)C(=O)NC(Cc1ccccc1)C(=O)O. The number of carbonyl (C=O) groups is 4. The maximum absolute atomic E-state index is 12.6. The van der Waals surface area contributed by atoms with E-state index in [0.29, 0.717) is 0 Å². The highest BCUT2D eigenvalue weighted by Crippen LogP contribution is 2.06. The highest BCUT2D eigenvalue weighted by Gasteiger charge is 2.29. The molecule has 0 heterocycles. The second-order valence-electron chi connectivity index (χ2n) is 6.89. The molecule has 29 heavy (non-hydrogen) atoms. The van der Waals surface area contributed by atoms with Gasteiger partial charge in [0.2, 0.25) is 17.7 Å². The van der Waals surface area contributed by atoms with Crippen molar-refractivity contribution >= 4 is 36.3 Å². The molecule has 1 aromatic carbocycles. The fraction of sp³-hybridized carbons (Fsp3) is 0.474. The molecule has 3 amide bonds. The highest BCUT2D eigenvalue weighted by atomic mass is 32.1. The maximum Gasteiger partial charge on any atom is 0.326 e. The first kappa shape index (κ1) is 24.4. The molecule has 0 aliphatic heterocycles. The number of nitrogens with two attached hydrogens (primary N) is 1. The molecule has 1 rings (SSSR count). The van der Waals surface area contributed by atoms with Crippen molar-refractivity contribution in [3.63, 3.8) is 0 Å². The summed E-state index contributed by atoms with van der Waals surface area (Å²) in [5.41, 5.74) is 6.26. The standard InChI is InChI=1S/C19H28N4O5S/c1-11(2)16(23-15(24)9-21-17(25)13(20)10-29)18(26)22-14(19(27)28)8-12-6-4-3-5-7-12/h3-7,11,13-14,16,29H,8-10,20H2,1-2H3,(H,21,25)(H,22,26)(H,23,24)(H,27,28). The molecule has 10 heteroatoms. The van der Waals surface area contributed by atoms with Gasteiger partial charge in [-0.2, -0.15) is 12.6 Å². The number of aliphatic carboxylic acids is 1. The summed E-state index contributed by atoms with van der Waals surface area (Å²) in [4.78, 5) is 47.9. The van der Waals surface area contributed by atoms with Gasteiger partial charge in [-0.15, -0.1) is 0 Å². The number of rotatable bonds is 11. The molecule has 0 saturated carbocycles. The van der Waals surface area contributed by atoms with Crippen LogP contribution in [-0.4, -0.2) is 59.2 Å². The fourth-order valence-corrected chi connectivity index (χ4v) is 2.62. The van der Waals surface area contributed by atoms with Crippen molar-refractivity contribution < 1.29 is 24.3 Å². The van der Waals surface area contributed by atoms with E-state index in [1.807, 2.05) is 6.07 Å². The van der Waals surface area contributed by atoms with Gasteiger partial charge in [-0.3, -0.25) is 14.4 Å². The average molecular weight is 425 g/mol. The van der Waals surface area contributed by atoms with Gasteiger partial charge in [-0.05, 0) is 11.5 Å². The van der Waals surface area contributed by atoms with Gasteiger partial charge in [0.25, 0.3) is 0 Å². The van der Waals surface area contributed by atoms with E-state index < -0.39 is 41.8 Å². The van der Waals surface area contributed by atoms with E-state index >= 15 is 0 Å². The van der Waals surface area contributed by atoms with Crippen LogP contribution in [0.5, 0.6) is 0 Å². The maximum atomic E-state index is 12.6. The van der Waals surface area contributed by atoms with Crippen LogP contribution in [0.4, 0.5) is 0 Å². The predicted molar refractivity (Wildman–Crippen MR) is 111 cm³/mol. The minimum absolute atomic E-state index is 0.109. The summed E-state index contributed by atoms with van der Waals surface area (Å²) in [7, 11) is 0. The Morgan fingerprint density at radius 1 is 1.07 bits per heavy atom. The van der Waals surface area contributed by atoms with Gasteiger partial charge in [-0.1, -0.05) is 44.2 Å². The summed E-state index contributed by atoms with van der Waals surface area (Å²) < 4.78 is 0. The van der Waals surface area contributed by atoms with Crippen molar-refractivity contribution in [2.75, 3.05) is 12.3 Å². The normalized spacial score (nSPS) is 13.8. The quantitative estimate of drug-likeness (QED) is 0.259. The predicted octanol–water partition coefficient (Wildman–Crippen LogP) is -0.687. The summed E-state index contributed by atoms with van der Waals surface area (Å²) in [5, 5.41) is 16.8. The van der Waals surface area contributed by atoms with E-state index in [4.69, 9.17) is 5.73 Å². The molecule has 160 valence electrons. The third-order valence-corrected chi connectivity index (χ3v) is 4.51. The molecule has 0 aliphatic carbocycles. The van der Waals surface area contributed by atoms with E-state index in [9.17, 15) is 24.3 Å². The number of nitrogens with one attached hydrogen (secondary N) is 3. The monoisotopic (exact) mass is 424 g/mol. The largest absolute Gasteiger partial charge is 0.480 e. The zero-order valence-corrected chi connectivity index (χ0v) is 17.3. The number of benzene rings is 1. The lowest BCUT2D eigenvalue weighted by molar-refractivity contribution is -0.142. The molecule has 0 saturated heterocycles. The Labute approximate surface area is 175 Å². The van der Waals surface area contributed by atoms with E-state index in [2.05, 4.69) is 28.6 Å². The van der Waals surface area contributed by atoms with Crippen LogP contribution in [0, 0.1) is 5.92 Å². The van der Waals surface area contributed by atoms with E-state index in [1.165, 1.54) is 0 Å². The van der Waals surface area contributed by atoms with Crippen LogP contribution < -0.4 is 21.7 Å². The van der Waals surface area contributed by atoms with E-state index in [1.54, 1.807) is 38.1 Å². The number of hydrogen-bond acceptors (Lipinski definition) is 6. The molecule has 6 N–H and O–H groups in total. The van der Waals surface area contributed by atoms with Crippen LogP contribution in [0.3, 0.4) is 0 Å². The molecule has 0 spiro atoms. The van der Waals surface area contributed by atoms with Gasteiger partial charge >= 0.3 is 5.97 Å². The summed E-state index contributed by atoms with van der Waals surface area (Å²) in [6, 6.07) is 5.95. The Bertz CT molecular complexity index is 714. The van der Waals surface area contributed by atoms with Crippen LogP contribution in [0.1, 0.15) is 19.4 Å². The Morgan fingerprint density at radius 3 is 2.21 bits per heavy atom. The lowest BCUT2D eigenvalue weighted by Gasteiger charge is -2.24. The summed E-state index contributed by atoms with van der Waals surface area (Å²) in [6.45, 7) is 3.07. The average Bonchev–Trinajstić information content (AvgIpc) is 2.69. The number of carboxylic acid groups (broad SMARTS) is 1. The molecule has 1 aromatic rings. The minimum atomic E-state index is -1.18. The van der Waals surface area contributed by atoms with Gasteiger partial charge in [0.15, 0.2) is 0 Å². The fourth-order valence-electron chi connectivity index (χ4n) is 2.45. The molecular formula is C19H28N4O5S. The Balaban J connectivity index is 2.71. The second-order valence-corrected chi connectivity index (χ2v) is 7.25. The van der Waals surface area contributed by atoms with Crippen molar-refractivity contribution in [3.05, 3.63) is 35.9 Å². The smallest absolute Gasteiger partial charge is 0.326 e. The topological polar surface area (TPSA) is 151 Å². The van der Waals surface area contributed by atoms with Crippen LogP contribution in [0.15, 0.2) is 30.3 Å². The summed E-state index contributed by atoms with van der Waals surface area (Å²) in [5.74, 6) is -3.09. The number of hydrogen-bond donors (Lipinski definition) is 6. The second kappa shape index (κ2) is 12.1. The first-order valence-electron chi connectivity index (χ1n) is 9.16. The van der Waals surface area contributed by atoms with Crippen LogP contribution in [-0.2, 0) is 25.6 Å². The van der Waals surface area contributed by atoms with E-state index in [-0.39, 0.29) is 24.6 Å². The summed E-state index contributed by atoms with van der Waals surface area (Å²) in [6.07, 6.45) is 0.109. The highest BCUT2D eigenvalue weighted by molar-refractivity contribution is 7.80. The van der Waals surface area contributed by atoms with Crippen molar-refractivity contribution in [2.24, 2.45) is 11.7 Å². The molecule has 3 atom stereocenters. The van der Waals surface area contributed by atoms with E-state index in [0.717, 1.165) is 5.56 Å². The number of carboxylic acids is 1. The van der Waals surface area contributed by atoms with Gasteiger partial charge in [0.1, 0.15) is 12.1 Å².